The normalized spacial score (nSPS) is 22.6. The zero-order valence-electron chi connectivity index (χ0n) is 17.9. The minimum Gasteiger partial charge on any atom is -0.465 e. The number of fused-ring (bicyclic) bond motifs is 1. The van der Waals surface area contributed by atoms with Crippen LogP contribution in [0.15, 0.2) is 12.4 Å². The van der Waals surface area contributed by atoms with E-state index in [9.17, 15) is 9.90 Å². The highest BCUT2D eigenvalue weighted by molar-refractivity contribution is 5.85. The minimum absolute atomic E-state index is 0. The predicted octanol–water partition coefficient (Wildman–Crippen LogP) is 1.28. The third kappa shape index (κ3) is 3.86. The van der Waals surface area contributed by atoms with Gasteiger partial charge in [-0.3, -0.25) is 0 Å². The molecular weight excluding hydrogens is 436 g/mol. The van der Waals surface area contributed by atoms with Crippen LogP contribution in [-0.2, 0) is 11.2 Å². The maximum absolute atomic E-state index is 11.5. The van der Waals surface area contributed by atoms with Gasteiger partial charge in [0.25, 0.3) is 0 Å². The summed E-state index contributed by atoms with van der Waals surface area (Å²) in [5.74, 6) is 1.74. The van der Waals surface area contributed by atoms with Gasteiger partial charge in [0.1, 0.15) is 5.82 Å². The van der Waals surface area contributed by atoms with Crippen molar-refractivity contribution < 1.29 is 14.6 Å². The fourth-order valence-electron chi connectivity index (χ4n) is 4.70. The Morgan fingerprint density at radius 3 is 2.53 bits per heavy atom. The first kappa shape index (κ1) is 22.3. The molecule has 32 heavy (non-hydrogen) atoms. The van der Waals surface area contributed by atoms with E-state index in [2.05, 4.69) is 26.7 Å². The van der Waals surface area contributed by atoms with E-state index in [1.807, 2.05) is 0 Å². The van der Waals surface area contributed by atoms with E-state index >= 15 is 0 Å². The Morgan fingerprint density at radius 2 is 1.88 bits per heavy atom. The van der Waals surface area contributed by atoms with Crippen LogP contribution in [0.1, 0.15) is 18.9 Å². The molecule has 3 N–H and O–H groups in total. The summed E-state index contributed by atoms with van der Waals surface area (Å²) < 4.78 is 5.49. The Kier molecular flexibility index (Phi) is 5.95. The first-order valence-electron chi connectivity index (χ1n) is 10.5. The summed E-state index contributed by atoms with van der Waals surface area (Å²) >= 11 is 0. The van der Waals surface area contributed by atoms with Crippen LogP contribution in [0, 0.1) is 0 Å². The van der Waals surface area contributed by atoms with Crippen LogP contribution in [0.4, 0.5) is 22.5 Å². The monoisotopic (exact) mass is 462 g/mol. The van der Waals surface area contributed by atoms with Crippen molar-refractivity contribution in [2.45, 2.75) is 25.3 Å². The van der Waals surface area contributed by atoms with Gasteiger partial charge in [-0.2, -0.15) is 4.98 Å². The molecule has 1 atom stereocenters. The molecular formula is C20H27ClN8O3. The number of halogens is 1. The largest absolute Gasteiger partial charge is 0.465 e. The smallest absolute Gasteiger partial charge is 0.407 e. The minimum atomic E-state index is -0.875. The molecule has 1 amide bonds. The van der Waals surface area contributed by atoms with E-state index in [1.165, 1.54) is 4.90 Å². The summed E-state index contributed by atoms with van der Waals surface area (Å²) in [5.41, 5.74) is 8.03. The first-order chi connectivity index (χ1) is 14.9. The second-order valence-corrected chi connectivity index (χ2v) is 8.46. The van der Waals surface area contributed by atoms with Gasteiger partial charge in [0.05, 0.1) is 24.4 Å². The van der Waals surface area contributed by atoms with Crippen molar-refractivity contribution in [2.24, 2.45) is 0 Å². The van der Waals surface area contributed by atoms with Crippen molar-refractivity contribution >= 4 is 36.2 Å². The summed E-state index contributed by atoms with van der Waals surface area (Å²) in [6.45, 7) is 6.58. The third-order valence-electron chi connectivity index (χ3n) is 6.43. The number of amides is 1. The van der Waals surface area contributed by atoms with E-state index in [-0.39, 0.29) is 23.9 Å². The molecule has 11 nitrogen and oxygen atoms in total. The lowest BCUT2D eigenvalue weighted by atomic mass is 9.99. The van der Waals surface area contributed by atoms with E-state index < -0.39 is 6.09 Å². The van der Waals surface area contributed by atoms with Crippen molar-refractivity contribution in [3.8, 4) is 11.3 Å². The Balaban J connectivity index is 0.00000245. The molecule has 12 heteroatoms. The van der Waals surface area contributed by atoms with E-state index in [4.69, 9.17) is 20.4 Å². The Hall–Kier alpha value is -2.92. The number of carbonyl (C=O) groups is 1. The number of nitrogens with zero attached hydrogens (tertiary/aromatic N) is 7. The molecule has 2 aromatic heterocycles. The topological polar surface area (TPSA) is 134 Å². The maximum Gasteiger partial charge on any atom is 0.407 e. The van der Waals surface area contributed by atoms with Crippen LogP contribution in [0.3, 0.4) is 0 Å². The molecule has 2 saturated heterocycles. The number of morpholine rings is 1. The molecule has 3 aliphatic heterocycles. The van der Waals surface area contributed by atoms with Crippen LogP contribution >= 0.6 is 12.4 Å². The molecule has 5 rings (SSSR count). The molecule has 0 spiro atoms. The average molecular weight is 463 g/mol. The van der Waals surface area contributed by atoms with Crippen LogP contribution < -0.4 is 15.5 Å². The Labute approximate surface area is 192 Å². The highest BCUT2D eigenvalue weighted by atomic mass is 35.5. The van der Waals surface area contributed by atoms with Crippen LogP contribution in [0.2, 0.25) is 0 Å². The summed E-state index contributed by atoms with van der Waals surface area (Å²) in [4.78, 5) is 35.6. The maximum atomic E-state index is 11.5. The lowest BCUT2D eigenvalue weighted by Crippen LogP contribution is -2.48. The second-order valence-electron chi connectivity index (χ2n) is 8.46. The van der Waals surface area contributed by atoms with Gasteiger partial charge in [-0.05, 0) is 19.8 Å². The van der Waals surface area contributed by atoms with Crippen molar-refractivity contribution in [1.29, 1.82) is 0 Å². The van der Waals surface area contributed by atoms with Crippen LogP contribution in [-0.4, -0.2) is 87.5 Å². The highest BCUT2D eigenvalue weighted by Gasteiger charge is 2.44. The van der Waals surface area contributed by atoms with Gasteiger partial charge in [0.2, 0.25) is 11.9 Å². The number of aromatic nitrogens is 4. The lowest BCUT2D eigenvalue weighted by molar-refractivity contribution is 0.122. The number of nitrogens with two attached hydrogens (primary N) is 1. The molecule has 0 aromatic carbocycles. The molecule has 0 radical (unpaired) electrons. The third-order valence-corrected chi connectivity index (χ3v) is 6.43. The molecule has 3 aliphatic rings. The number of hydrogen-bond donors (Lipinski definition) is 2. The number of likely N-dealkylation sites (tertiary alicyclic amines) is 1. The van der Waals surface area contributed by atoms with Crippen molar-refractivity contribution in [3.05, 3.63) is 18.0 Å². The van der Waals surface area contributed by atoms with Crippen molar-refractivity contribution in [2.75, 3.05) is 61.5 Å². The van der Waals surface area contributed by atoms with Gasteiger partial charge in [-0.1, -0.05) is 0 Å². The fourth-order valence-corrected chi connectivity index (χ4v) is 4.70. The number of rotatable bonds is 3. The zero-order chi connectivity index (χ0) is 21.6. The van der Waals surface area contributed by atoms with Gasteiger partial charge >= 0.3 is 6.09 Å². The van der Waals surface area contributed by atoms with Gasteiger partial charge in [-0.25, -0.2) is 19.7 Å². The fraction of sp³-hybridized carbons (Fsp3) is 0.550. The molecule has 0 unspecified atom stereocenters. The van der Waals surface area contributed by atoms with Crippen molar-refractivity contribution in [3.63, 3.8) is 0 Å². The number of carboxylic acid groups (broad SMARTS) is 1. The summed E-state index contributed by atoms with van der Waals surface area (Å²) in [6.07, 6.45) is 4.05. The zero-order valence-corrected chi connectivity index (χ0v) is 18.7. The van der Waals surface area contributed by atoms with Crippen LogP contribution in [0.5, 0.6) is 0 Å². The summed E-state index contributed by atoms with van der Waals surface area (Å²) in [7, 11) is 0. The molecule has 2 aromatic rings. The molecule has 0 bridgehead atoms. The predicted molar refractivity (Wildman–Crippen MR) is 121 cm³/mol. The van der Waals surface area contributed by atoms with E-state index in [1.54, 1.807) is 12.4 Å². The summed E-state index contributed by atoms with van der Waals surface area (Å²) in [6, 6.07) is 0. The van der Waals surface area contributed by atoms with Gasteiger partial charge in [0, 0.05) is 56.2 Å². The average Bonchev–Trinajstić information content (AvgIpc) is 3.39. The van der Waals surface area contributed by atoms with E-state index in [0.29, 0.717) is 32.3 Å². The Bertz CT molecular complexity index is 1000. The molecule has 5 heterocycles. The van der Waals surface area contributed by atoms with E-state index in [0.717, 1.165) is 55.1 Å². The number of anilines is 3. The SMILES string of the molecule is C[C@]1(N2CCc3c(-c4cnc(N)nc4)nc(N4CCOCC4)nc32)CCN(C(=O)O)C1.Cl. The lowest BCUT2D eigenvalue weighted by Gasteiger charge is -2.37. The standard InChI is InChI=1S/C20H26N8O3.ClH/c1-20(3-5-27(12-20)19(29)30)28-4-2-14-15(13-10-22-17(21)23-11-13)24-18(25-16(14)28)26-6-8-31-9-7-26;/h10-11H,2-9,12H2,1H3,(H,29,30)(H2,21,22,23);1H/t20-;/m0./s1. The Morgan fingerprint density at radius 1 is 1.16 bits per heavy atom. The van der Waals surface area contributed by atoms with Gasteiger partial charge in [0.15, 0.2) is 0 Å². The number of ether oxygens (including phenoxy) is 1. The highest BCUT2D eigenvalue weighted by Crippen LogP contribution is 2.41. The number of hydrogen-bond acceptors (Lipinski definition) is 9. The van der Waals surface area contributed by atoms with Gasteiger partial charge in [-0.15, -0.1) is 12.4 Å². The molecule has 0 aliphatic carbocycles. The molecule has 172 valence electrons. The van der Waals surface area contributed by atoms with Gasteiger partial charge < -0.3 is 30.3 Å². The van der Waals surface area contributed by atoms with Crippen LogP contribution in [0.25, 0.3) is 11.3 Å². The quantitative estimate of drug-likeness (QED) is 0.686. The first-order valence-corrected chi connectivity index (χ1v) is 10.5. The summed E-state index contributed by atoms with van der Waals surface area (Å²) in [5, 5.41) is 9.45. The second kappa shape index (κ2) is 8.55. The molecule has 2 fully saturated rings. The van der Waals surface area contributed by atoms with Crippen molar-refractivity contribution in [1.82, 2.24) is 24.8 Å². The number of nitrogen functional groups attached to an aromatic ring is 1. The molecule has 0 saturated carbocycles.